The van der Waals surface area contributed by atoms with E-state index in [2.05, 4.69) is 26.8 Å². The number of anilines is 1. The summed E-state index contributed by atoms with van der Waals surface area (Å²) < 4.78 is 12.4. The van der Waals surface area contributed by atoms with Crippen LogP contribution in [0.1, 0.15) is 62.9 Å². The quantitative estimate of drug-likeness (QED) is 0.362. The first kappa shape index (κ1) is 23.4. The first-order valence-corrected chi connectivity index (χ1v) is 11.7. The Kier molecular flexibility index (Phi) is 7.39. The number of hydrogen-bond donors (Lipinski definition) is 4. The molecule has 0 bridgehead atoms. The predicted molar refractivity (Wildman–Crippen MR) is 122 cm³/mol. The summed E-state index contributed by atoms with van der Waals surface area (Å²) in [5.74, 6) is 1.49. The van der Waals surface area contributed by atoms with Crippen LogP contribution < -0.4 is 11.1 Å². The maximum Gasteiger partial charge on any atom is 0.411 e. The molecule has 1 saturated heterocycles. The Hall–Kier alpha value is -2.79. The Labute approximate surface area is 192 Å². The van der Waals surface area contributed by atoms with Crippen molar-refractivity contribution < 1.29 is 19.4 Å². The molecule has 1 amide bonds. The molecule has 4 rings (SSSR count). The molecule has 1 saturated carbocycles. The number of rotatable bonds is 7. The highest BCUT2D eigenvalue weighted by molar-refractivity contribution is 5.96. The Balaban J connectivity index is 1.80. The second-order valence-electron chi connectivity index (χ2n) is 9.06. The maximum absolute atomic E-state index is 11.2. The highest BCUT2D eigenvalue weighted by Gasteiger charge is 2.28. The third kappa shape index (κ3) is 5.41. The number of carbonyl (C=O) groups is 1. The topological polar surface area (TPSA) is 161 Å². The summed E-state index contributed by atoms with van der Waals surface area (Å²) in [6.45, 7) is 4.68. The van der Waals surface area contributed by atoms with Gasteiger partial charge in [0.05, 0.1) is 12.3 Å². The van der Waals surface area contributed by atoms with Crippen LogP contribution in [0, 0.1) is 17.2 Å². The molecule has 2 aromatic rings. The molecule has 2 aromatic heterocycles. The Morgan fingerprint density at radius 3 is 2.61 bits per heavy atom. The third-order valence-corrected chi connectivity index (χ3v) is 6.61. The fourth-order valence-corrected chi connectivity index (χ4v) is 4.82. The molecule has 0 spiro atoms. The molecule has 2 aliphatic rings. The Bertz CT molecular complexity index is 994. The van der Waals surface area contributed by atoms with Crippen molar-refractivity contribution in [2.24, 2.45) is 17.6 Å². The average Bonchev–Trinajstić information content (AvgIpc) is 3.15. The zero-order valence-corrected chi connectivity index (χ0v) is 19.0. The number of aromatic nitrogens is 4. The van der Waals surface area contributed by atoms with Crippen molar-refractivity contribution in [1.29, 1.82) is 5.41 Å². The smallest absolute Gasteiger partial charge is 0.395 e. The lowest BCUT2D eigenvalue weighted by atomic mass is 9.83. The Morgan fingerprint density at radius 2 is 1.94 bits per heavy atom. The van der Waals surface area contributed by atoms with Gasteiger partial charge >= 0.3 is 6.09 Å². The van der Waals surface area contributed by atoms with E-state index in [1.54, 1.807) is 0 Å². The molecule has 0 aromatic carbocycles. The molecule has 0 unspecified atom stereocenters. The number of aliphatic hydroxyl groups is 1. The molecule has 0 atom stereocenters. The zero-order chi connectivity index (χ0) is 23.4. The van der Waals surface area contributed by atoms with Gasteiger partial charge < -0.3 is 30.2 Å². The number of nitrogens with two attached hydrogens (primary N) is 1. The summed E-state index contributed by atoms with van der Waals surface area (Å²) in [6.07, 6.45) is 5.24. The van der Waals surface area contributed by atoms with Crippen molar-refractivity contribution in [1.82, 2.24) is 19.5 Å². The molecule has 11 nitrogen and oxygen atoms in total. The van der Waals surface area contributed by atoms with Crippen molar-refractivity contribution in [3.8, 4) is 0 Å². The molecule has 0 radical (unpaired) electrons. The fraction of sp³-hybridized carbons (Fsp3) is 0.682. The van der Waals surface area contributed by atoms with Gasteiger partial charge in [-0.3, -0.25) is 5.41 Å². The van der Waals surface area contributed by atoms with E-state index in [4.69, 9.17) is 25.6 Å². The molecule has 11 heteroatoms. The van der Waals surface area contributed by atoms with Crippen LogP contribution in [0.15, 0.2) is 0 Å². The molecule has 1 aliphatic carbocycles. The normalized spacial score (nSPS) is 21.8. The molecular weight excluding hydrogens is 426 g/mol. The molecule has 2 fully saturated rings. The number of imidazole rings is 1. The largest absolute Gasteiger partial charge is 0.411 e. The summed E-state index contributed by atoms with van der Waals surface area (Å²) in [7, 11) is 0. The lowest BCUT2D eigenvalue weighted by Crippen LogP contribution is -2.23. The molecule has 1 aliphatic heterocycles. The number of aliphatic hydroxyl groups excluding tert-OH is 1. The summed E-state index contributed by atoms with van der Waals surface area (Å²) >= 11 is 0. The fourth-order valence-electron chi connectivity index (χ4n) is 4.82. The SMILES string of the molecule is C[C@H]1CC[C@H](Cn2c(NCCO)nc3nc(C(=N)OC(N)=O)nc(C4CCOCC4)c32)CC1. The van der Waals surface area contributed by atoms with Crippen LogP contribution >= 0.6 is 0 Å². The number of carbonyl (C=O) groups excluding carboxylic acids is 1. The molecule has 180 valence electrons. The molecule has 3 heterocycles. The van der Waals surface area contributed by atoms with Gasteiger partial charge in [0.25, 0.3) is 5.90 Å². The van der Waals surface area contributed by atoms with Gasteiger partial charge in [0.15, 0.2) is 5.65 Å². The van der Waals surface area contributed by atoms with Gasteiger partial charge in [-0.05, 0) is 37.5 Å². The standard InChI is InChI=1S/C22H33N7O4/c1-13-2-4-14(5-3-13)12-29-17-16(15-6-10-32-11-7-15)26-20(18(23)33-21(24)31)27-19(17)28-22(29)25-8-9-30/h13-15,23,30H,2-12H2,1H3,(H2,24,31)(H,25,26,27,28)/t13-,14-. The molecular formula is C22H33N7O4. The van der Waals surface area contributed by atoms with Gasteiger partial charge in [-0.2, -0.15) is 4.98 Å². The van der Waals surface area contributed by atoms with E-state index in [0.717, 1.165) is 49.4 Å². The minimum Gasteiger partial charge on any atom is -0.395 e. The van der Waals surface area contributed by atoms with E-state index < -0.39 is 12.0 Å². The van der Waals surface area contributed by atoms with Gasteiger partial charge in [0, 0.05) is 32.2 Å². The van der Waals surface area contributed by atoms with E-state index >= 15 is 0 Å². The highest BCUT2D eigenvalue weighted by Crippen LogP contribution is 2.35. The number of nitrogens with zero attached hydrogens (tertiary/aromatic N) is 4. The van der Waals surface area contributed by atoms with Crippen molar-refractivity contribution >= 4 is 29.1 Å². The van der Waals surface area contributed by atoms with Crippen LogP contribution in [0.25, 0.3) is 11.2 Å². The number of ether oxygens (including phenoxy) is 2. The summed E-state index contributed by atoms with van der Waals surface area (Å²) in [4.78, 5) is 25.0. The monoisotopic (exact) mass is 459 g/mol. The van der Waals surface area contributed by atoms with Gasteiger partial charge in [0.2, 0.25) is 11.8 Å². The number of primary amides is 1. The summed E-state index contributed by atoms with van der Waals surface area (Å²) in [6, 6.07) is 0. The van der Waals surface area contributed by atoms with Gasteiger partial charge in [-0.1, -0.05) is 19.8 Å². The summed E-state index contributed by atoms with van der Waals surface area (Å²) in [5, 5.41) is 20.7. The van der Waals surface area contributed by atoms with E-state index in [1.165, 1.54) is 12.8 Å². The van der Waals surface area contributed by atoms with Crippen molar-refractivity contribution in [2.75, 3.05) is 31.7 Å². The zero-order valence-electron chi connectivity index (χ0n) is 19.0. The minimum absolute atomic E-state index is 0.0207. The van der Waals surface area contributed by atoms with Gasteiger partial charge in [-0.25, -0.2) is 14.8 Å². The number of amides is 1. The second-order valence-corrected chi connectivity index (χ2v) is 9.06. The third-order valence-electron chi connectivity index (χ3n) is 6.61. The minimum atomic E-state index is -1.08. The lowest BCUT2D eigenvalue weighted by Gasteiger charge is -2.28. The molecule has 5 N–H and O–H groups in total. The average molecular weight is 460 g/mol. The lowest BCUT2D eigenvalue weighted by molar-refractivity contribution is 0.0847. The van der Waals surface area contributed by atoms with Gasteiger partial charge in [-0.15, -0.1) is 0 Å². The first-order valence-electron chi connectivity index (χ1n) is 11.7. The van der Waals surface area contributed by atoms with E-state index in [-0.39, 0.29) is 18.3 Å². The van der Waals surface area contributed by atoms with Crippen molar-refractivity contribution in [3.05, 3.63) is 11.5 Å². The predicted octanol–water partition coefficient (Wildman–Crippen LogP) is 2.37. The van der Waals surface area contributed by atoms with E-state index in [9.17, 15) is 9.90 Å². The Morgan fingerprint density at radius 1 is 1.21 bits per heavy atom. The number of hydrogen-bond acceptors (Lipinski definition) is 9. The van der Waals surface area contributed by atoms with Crippen LogP contribution in [0.2, 0.25) is 0 Å². The first-order chi connectivity index (χ1) is 16.0. The number of nitrogens with one attached hydrogen (secondary N) is 2. The van der Waals surface area contributed by atoms with Gasteiger partial charge in [0.1, 0.15) is 5.52 Å². The number of fused-ring (bicyclic) bond motifs is 1. The highest BCUT2D eigenvalue weighted by atomic mass is 16.6. The van der Waals surface area contributed by atoms with Crippen LogP contribution in [0.3, 0.4) is 0 Å². The van der Waals surface area contributed by atoms with Crippen molar-refractivity contribution in [3.63, 3.8) is 0 Å². The van der Waals surface area contributed by atoms with Crippen LogP contribution in [0.4, 0.5) is 10.7 Å². The molecule has 33 heavy (non-hydrogen) atoms. The van der Waals surface area contributed by atoms with Crippen molar-refractivity contribution in [2.45, 2.75) is 57.9 Å². The van der Waals surface area contributed by atoms with Crippen LogP contribution in [0.5, 0.6) is 0 Å². The van der Waals surface area contributed by atoms with E-state index in [0.29, 0.717) is 37.3 Å². The van der Waals surface area contributed by atoms with E-state index in [1.807, 2.05) is 0 Å². The van der Waals surface area contributed by atoms with Crippen LogP contribution in [-0.4, -0.2) is 63.0 Å². The summed E-state index contributed by atoms with van der Waals surface area (Å²) in [5.41, 5.74) is 7.14. The maximum atomic E-state index is 11.2. The van der Waals surface area contributed by atoms with Crippen LogP contribution in [-0.2, 0) is 16.0 Å². The second kappa shape index (κ2) is 10.4.